The van der Waals surface area contributed by atoms with E-state index in [9.17, 15) is 0 Å². The molecule has 6 heteroatoms. The summed E-state index contributed by atoms with van der Waals surface area (Å²) in [5.41, 5.74) is 8.62. The molecule has 4 aromatic rings. The van der Waals surface area contributed by atoms with Crippen molar-refractivity contribution in [2.24, 2.45) is 0 Å². The monoisotopic (exact) mass is 317 g/mol. The molecule has 0 aliphatic rings. The van der Waals surface area contributed by atoms with Crippen LogP contribution in [0.2, 0.25) is 0 Å². The average Bonchev–Trinajstić information content (AvgIpc) is 3.01. The van der Waals surface area contributed by atoms with E-state index in [4.69, 9.17) is 10.2 Å². The van der Waals surface area contributed by atoms with Crippen molar-refractivity contribution in [2.45, 2.75) is 6.92 Å². The molecule has 0 saturated heterocycles. The molecule has 2 heterocycles. The van der Waals surface area contributed by atoms with Gasteiger partial charge in [-0.2, -0.15) is 15.0 Å². The highest BCUT2D eigenvalue weighted by atomic mass is 16.3. The van der Waals surface area contributed by atoms with E-state index in [2.05, 4.69) is 20.3 Å². The molecule has 0 saturated carbocycles. The van der Waals surface area contributed by atoms with Crippen LogP contribution in [-0.2, 0) is 0 Å². The van der Waals surface area contributed by atoms with Crippen molar-refractivity contribution >= 4 is 28.6 Å². The Bertz CT molecular complexity index is 992. The average molecular weight is 317 g/mol. The van der Waals surface area contributed by atoms with Crippen molar-refractivity contribution < 1.29 is 4.42 Å². The molecule has 4 rings (SSSR count). The zero-order chi connectivity index (χ0) is 16.5. The Morgan fingerprint density at radius 1 is 0.958 bits per heavy atom. The van der Waals surface area contributed by atoms with E-state index >= 15 is 0 Å². The number of aromatic nitrogens is 3. The molecule has 0 fully saturated rings. The Hall–Kier alpha value is -3.41. The molecular formula is C18H15N5O. The van der Waals surface area contributed by atoms with Crippen LogP contribution in [-0.4, -0.2) is 15.0 Å². The van der Waals surface area contributed by atoms with Crippen molar-refractivity contribution in [1.82, 2.24) is 15.0 Å². The number of hydrogen-bond donors (Lipinski definition) is 2. The fourth-order valence-corrected chi connectivity index (χ4v) is 2.48. The second-order valence-corrected chi connectivity index (χ2v) is 5.43. The van der Waals surface area contributed by atoms with Gasteiger partial charge in [-0.05, 0) is 30.7 Å². The number of furan rings is 1. The number of nitrogens with zero attached hydrogens (tertiary/aromatic N) is 3. The van der Waals surface area contributed by atoms with Crippen LogP contribution in [0.4, 0.5) is 17.6 Å². The maximum Gasteiger partial charge on any atom is 0.232 e. The summed E-state index contributed by atoms with van der Waals surface area (Å²) in [6.07, 6.45) is 0. The van der Waals surface area contributed by atoms with Gasteiger partial charge in [-0.3, -0.25) is 0 Å². The number of nitrogens with one attached hydrogen (secondary N) is 1. The van der Waals surface area contributed by atoms with Gasteiger partial charge in [-0.25, -0.2) is 0 Å². The number of hydrogen-bond acceptors (Lipinski definition) is 6. The third-order valence-electron chi connectivity index (χ3n) is 3.69. The molecule has 0 unspecified atom stereocenters. The van der Waals surface area contributed by atoms with Crippen LogP contribution in [0.1, 0.15) is 5.56 Å². The van der Waals surface area contributed by atoms with Crippen molar-refractivity contribution in [3.63, 3.8) is 0 Å². The van der Waals surface area contributed by atoms with E-state index in [1.165, 1.54) is 0 Å². The third kappa shape index (κ3) is 2.65. The van der Waals surface area contributed by atoms with Crippen molar-refractivity contribution in [2.75, 3.05) is 11.1 Å². The van der Waals surface area contributed by atoms with Gasteiger partial charge in [0, 0.05) is 11.1 Å². The quantitative estimate of drug-likeness (QED) is 0.595. The summed E-state index contributed by atoms with van der Waals surface area (Å²) in [6, 6.07) is 17.5. The highest BCUT2D eigenvalue weighted by Crippen LogP contribution is 2.27. The SMILES string of the molecule is Cc1ccccc1Nc1nc(N)nc(-c2cc3ccccc3o2)n1. The van der Waals surface area contributed by atoms with Crippen LogP contribution in [0, 0.1) is 6.92 Å². The summed E-state index contributed by atoms with van der Waals surface area (Å²) < 4.78 is 5.80. The van der Waals surface area contributed by atoms with Crippen molar-refractivity contribution in [1.29, 1.82) is 0 Å². The predicted octanol–water partition coefficient (Wildman–Crippen LogP) is 3.92. The second-order valence-electron chi connectivity index (χ2n) is 5.43. The van der Waals surface area contributed by atoms with Gasteiger partial charge in [0.1, 0.15) is 5.58 Å². The number of benzene rings is 2. The van der Waals surface area contributed by atoms with Crippen LogP contribution >= 0.6 is 0 Å². The molecule has 3 N–H and O–H groups in total. The summed E-state index contributed by atoms with van der Waals surface area (Å²) in [5, 5.41) is 4.16. The fourth-order valence-electron chi connectivity index (χ4n) is 2.48. The van der Waals surface area contributed by atoms with Gasteiger partial charge < -0.3 is 15.5 Å². The smallest absolute Gasteiger partial charge is 0.232 e. The van der Waals surface area contributed by atoms with Crippen LogP contribution in [0.15, 0.2) is 59.0 Å². The van der Waals surface area contributed by atoms with E-state index in [0.717, 1.165) is 22.2 Å². The van der Waals surface area contributed by atoms with Gasteiger partial charge in [0.05, 0.1) is 0 Å². The maximum atomic E-state index is 5.84. The third-order valence-corrected chi connectivity index (χ3v) is 3.69. The predicted molar refractivity (Wildman–Crippen MR) is 93.9 cm³/mol. The summed E-state index contributed by atoms with van der Waals surface area (Å²) in [4.78, 5) is 12.8. The van der Waals surface area contributed by atoms with Crippen LogP contribution < -0.4 is 11.1 Å². The van der Waals surface area contributed by atoms with Gasteiger partial charge >= 0.3 is 0 Å². The molecule has 0 amide bonds. The molecule has 0 spiro atoms. The number of para-hydroxylation sites is 2. The highest BCUT2D eigenvalue weighted by molar-refractivity contribution is 5.81. The number of fused-ring (bicyclic) bond motifs is 1. The first-order chi connectivity index (χ1) is 11.7. The van der Waals surface area contributed by atoms with E-state index < -0.39 is 0 Å². The first-order valence-corrected chi connectivity index (χ1v) is 7.52. The standard InChI is InChI=1S/C18H15N5O/c1-11-6-2-4-8-13(11)20-18-22-16(21-17(19)23-18)15-10-12-7-3-5-9-14(12)24-15/h2-10H,1H3,(H3,19,20,21,22,23). The first kappa shape index (κ1) is 14.2. The lowest BCUT2D eigenvalue weighted by molar-refractivity contribution is 0.625. The summed E-state index contributed by atoms with van der Waals surface area (Å²) in [5.74, 6) is 1.47. The molecule has 2 aromatic carbocycles. The number of nitrogens with two attached hydrogens (primary N) is 1. The van der Waals surface area contributed by atoms with E-state index in [1.807, 2.05) is 61.5 Å². The summed E-state index contributed by atoms with van der Waals surface area (Å²) >= 11 is 0. The lowest BCUT2D eigenvalue weighted by atomic mass is 10.2. The van der Waals surface area contributed by atoms with Crippen LogP contribution in [0.3, 0.4) is 0 Å². The number of nitrogen functional groups attached to an aromatic ring is 1. The minimum absolute atomic E-state index is 0.136. The highest BCUT2D eigenvalue weighted by Gasteiger charge is 2.12. The Balaban J connectivity index is 1.74. The van der Waals surface area contributed by atoms with Crippen molar-refractivity contribution in [3.05, 3.63) is 60.2 Å². The van der Waals surface area contributed by atoms with Gasteiger partial charge in [-0.15, -0.1) is 0 Å². The molecule has 2 aromatic heterocycles. The van der Waals surface area contributed by atoms with E-state index in [0.29, 0.717) is 17.5 Å². The first-order valence-electron chi connectivity index (χ1n) is 7.52. The molecule has 0 bridgehead atoms. The number of anilines is 3. The Morgan fingerprint density at radius 2 is 1.75 bits per heavy atom. The van der Waals surface area contributed by atoms with Gasteiger partial charge in [0.2, 0.25) is 17.7 Å². The zero-order valence-electron chi connectivity index (χ0n) is 13.0. The molecule has 0 atom stereocenters. The Kier molecular flexibility index (Phi) is 3.35. The fraction of sp³-hybridized carbons (Fsp3) is 0.0556. The second kappa shape index (κ2) is 5.66. The molecule has 0 radical (unpaired) electrons. The van der Waals surface area contributed by atoms with Crippen LogP contribution in [0.5, 0.6) is 0 Å². The largest absolute Gasteiger partial charge is 0.453 e. The van der Waals surface area contributed by atoms with Crippen LogP contribution in [0.25, 0.3) is 22.6 Å². The maximum absolute atomic E-state index is 5.84. The molecule has 24 heavy (non-hydrogen) atoms. The minimum Gasteiger partial charge on any atom is -0.453 e. The molecule has 6 nitrogen and oxygen atoms in total. The number of rotatable bonds is 3. The van der Waals surface area contributed by atoms with E-state index in [-0.39, 0.29) is 5.95 Å². The lowest BCUT2D eigenvalue weighted by Gasteiger charge is -2.08. The molecule has 0 aliphatic carbocycles. The minimum atomic E-state index is 0.136. The normalized spacial score (nSPS) is 10.9. The van der Waals surface area contributed by atoms with E-state index in [1.54, 1.807) is 0 Å². The Labute approximate surface area is 138 Å². The van der Waals surface area contributed by atoms with Gasteiger partial charge in [0.25, 0.3) is 0 Å². The summed E-state index contributed by atoms with van der Waals surface area (Å²) in [7, 11) is 0. The molecule has 118 valence electrons. The number of aryl methyl sites for hydroxylation is 1. The topological polar surface area (TPSA) is 89.9 Å². The Morgan fingerprint density at radius 3 is 2.58 bits per heavy atom. The van der Waals surface area contributed by atoms with Crippen molar-refractivity contribution in [3.8, 4) is 11.6 Å². The lowest BCUT2D eigenvalue weighted by Crippen LogP contribution is -2.05. The molecular weight excluding hydrogens is 302 g/mol. The summed E-state index contributed by atoms with van der Waals surface area (Å²) in [6.45, 7) is 2.01. The molecule has 0 aliphatic heterocycles. The van der Waals surface area contributed by atoms with Gasteiger partial charge in [0.15, 0.2) is 5.76 Å². The zero-order valence-corrected chi connectivity index (χ0v) is 13.0. The van der Waals surface area contributed by atoms with Gasteiger partial charge in [-0.1, -0.05) is 36.4 Å².